The lowest BCUT2D eigenvalue weighted by Crippen LogP contribution is -2.49. The van der Waals surface area contributed by atoms with E-state index in [4.69, 9.17) is 6.42 Å². The first-order valence-electron chi connectivity index (χ1n) is 9.10. The number of terminal acetylenes is 1. The summed E-state index contributed by atoms with van der Waals surface area (Å²) in [5.74, 6) is 2.77. The zero-order valence-electron chi connectivity index (χ0n) is 15.3. The molecule has 1 aromatic heterocycles. The summed E-state index contributed by atoms with van der Waals surface area (Å²) in [6.45, 7) is 4.63. The summed E-state index contributed by atoms with van der Waals surface area (Å²) in [4.78, 5) is 35.2. The Morgan fingerprint density at radius 2 is 2.15 bits per heavy atom. The molecular weight excluding hydrogens is 328 g/mol. The number of carbonyl (C=O) groups is 2. The van der Waals surface area contributed by atoms with Crippen molar-refractivity contribution in [2.75, 3.05) is 13.1 Å². The van der Waals surface area contributed by atoms with E-state index in [9.17, 15) is 9.59 Å². The SMILES string of the molecule is C#Cc1ncc(C2CC2)nc1/C(=C\C)C(=O)NC1CCCN(C(C)=O)C1. The highest BCUT2D eigenvalue weighted by atomic mass is 16.2. The Hall–Kier alpha value is -2.68. The van der Waals surface area contributed by atoms with Crippen LogP contribution in [-0.4, -0.2) is 45.8 Å². The van der Waals surface area contributed by atoms with E-state index in [-0.39, 0.29) is 17.9 Å². The van der Waals surface area contributed by atoms with Crippen LogP contribution in [0.4, 0.5) is 0 Å². The molecule has 2 amide bonds. The number of amides is 2. The van der Waals surface area contributed by atoms with Crippen LogP contribution in [0.5, 0.6) is 0 Å². The standard InChI is InChI=1S/C20H24N4O2/c1-4-16(19-17(5-2)21-11-18(23-19)14-8-9-14)20(26)22-15-7-6-10-24(12-15)13(3)25/h2,4,11,14-15H,6-10,12H2,1,3H3,(H,22,26)/b16-4+. The van der Waals surface area contributed by atoms with E-state index in [0.29, 0.717) is 29.4 Å². The number of allylic oxidation sites excluding steroid dienone is 1. The maximum absolute atomic E-state index is 12.9. The van der Waals surface area contributed by atoms with Gasteiger partial charge >= 0.3 is 0 Å². The van der Waals surface area contributed by atoms with Gasteiger partial charge in [0.1, 0.15) is 11.4 Å². The minimum absolute atomic E-state index is 0.0350. The third kappa shape index (κ3) is 3.93. The number of likely N-dealkylation sites (tertiary alicyclic amines) is 1. The molecule has 1 aliphatic heterocycles. The molecule has 1 atom stereocenters. The molecule has 1 saturated carbocycles. The van der Waals surface area contributed by atoms with Gasteiger partial charge in [0.2, 0.25) is 5.91 Å². The van der Waals surface area contributed by atoms with Crippen molar-refractivity contribution in [1.82, 2.24) is 20.2 Å². The molecule has 0 aromatic carbocycles. The highest BCUT2D eigenvalue weighted by molar-refractivity contribution is 6.19. The lowest BCUT2D eigenvalue weighted by Gasteiger charge is -2.32. The maximum atomic E-state index is 12.9. The summed E-state index contributed by atoms with van der Waals surface area (Å²) in [5, 5.41) is 3.03. The molecule has 2 aliphatic rings. The number of hydrogen-bond donors (Lipinski definition) is 1. The molecule has 26 heavy (non-hydrogen) atoms. The van der Waals surface area contributed by atoms with Gasteiger partial charge in [-0.15, -0.1) is 6.42 Å². The third-order valence-corrected chi connectivity index (χ3v) is 4.91. The molecule has 1 N–H and O–H groups in total. The van der Waals surface area contributed by atoms with Gasteiger partial charge in [-0.3, -0.25) is 9.59 Å². The quantitative estimate of drug-likeness (QED) is 0.663. The molecule has 1 aromatic rings. The molecule has 3 rings (SSSR count). The first-order valence-corrected chi connectivity index (χ1v) is 9.10. The van der Waals surface area contributed by atoms with Crippen LogP contribution < -0.4 is 5.32 Å². The number of carbonyl (C=O) groups excluding carboxylic acids is 2. The molecular formula is C20H24N4O2. The predicted octanol–water partition coefficient (Wildman–Crippen LogP) is 1.87. The summed E-state index contributed by atoms with van der Waals surface area (Å²) in [6, 6.07) is -0.0658. The van der Waals surface area contributed by atoms with Crippen LogP contribution in [-0.2, 0) is 9.59 Å². The van der Waals surface area contributed by atoms with Crippen LogP contribution in [0.25, 0.3) is 5.57 Å². The molecule has 6 heteroatoms. The minimum Gasteiger partial charge on any atom is -0.347 e. The normalized spacial score (nSPS) is 20.4. The monoisotopic (exact) mass is 352 g/mol. The predicted molar refractivity (Wildman–Crippen MR) is 99.0 cm³/mol. The second kappa shape index (κ2) is 7.69. The summed E-state index contributed by atoms with van der Waals surface area (Å²) in [5.41, 5.74) is 2.18. The highest BCUT2D eigenvalue weighted by Gasteiger charge is 2.29. The molecule has 2 heterocycles. The van der Waals surface area contributed by atoms with E-state index in [1.165, 1.54) is 0 Å². The van der Waals surface area contributed by atoms with Crippen LogP contribution in [0.1, 0.15) is 62.5 Å². The molecule has 0 radical (unpaired) electrons. The number of nitrogens with one attached hydrogen (secondary N) is 1. The van der Waals surface area contributed by atoms with E-state index in [2.05, 4.69) is 21.2 Å². The van der Waals surface area contributed by atoms with Gasteiger partial charge in [0, 0.05) is 32.0 Å². The van der Waals surface area contributed by atoms with Crippen molar-refractivity contribution < 1.29 is 9.59 Å². The van der Waals surface area contributed by atoms with Crippen molar-refractivity contribution in [2.45, 2.75) is 51.5 Å². The Morgan fingerprint density at radius 1 is 1.38 bits per heavy atom. The summed E-state index contributed by atoms with van der Waals surface area (Å²) in [6.07, 6.45) is 12.9. The van der Waals surface area contributed by atoms with E-state index < -0.39 is 0 Å². The second-order valence-corrected chi connectivity index (χ2v) is 6.89. The summed E-state index contributed by atoms with van der Waals surface area (Å²) < 4.78 is 0. The molecule has 0 bridgehead atoms. The van der Waals surface area contributed by atoms with Crippen LogP contribution >= 0.6 is 0 Å². The Balaban J connectivity index is 1.78. The van der Waals surface area contributed by atoms with Gasteiger partial charge in [-0.1, -0.05) is 6.08 Å². The van der Waals surface area contributed by atoms with Crippen molar-refractivity contribution in [3.8, 4) is 12.3 Å². The smallest absolute Gasteiger partial charge is 0.253 e. The van der Waals surface area contributed by atoms with Gasteiger partial charge in [-0.25, -0.2) is 9.97 Å². The Kier molecular flexibility index (Phi) is 5.36. The molecule has 1 saturated heterocycles. The van der Waals surface area contributed by atoms with Crippen LogP contribution in [0.3, 0.4) is 0 Å². The zero-order valence-corrected chi connectivity index (χ0v) is 15.3. The van der Waals surface area contributed by atoms with Crippen molar-refractivity contribution in [3.63, 3.8) is 0 Å². The van der Waals surface area contributed by atoms with Crippen LogP contribution in [0.15, 0.2) is 12.3 Å². The van der Waals surface area contributed by atoms with Gasteiger partial charge in [0.25, 0.3) is 5.91 Å². The largest absolute Gasteiger partial charge is 0.347 e. The van der Waals surface area contributed by atoms with Crippen molar-refractivity contribution in [2.24, 2.45) is 0 Å². The van der Waals surface area contributed by atoms with E-state index in [1.807, 2.05) is 0 Å². The fourth-order valence-electron chi connectivity index (χ4n) is 3.29. The highest BCUT2D eigenvalue weighted by Crippen LogP contribution is 2.39. The van der Waals surface area contributed by atoms with Crippen molar-refractivity contribution in [1.29, 1.82) is 0 Å². The van der Waals surface area contributed by atoms with Gasteiger partial charge < -0.3 is 10.2 Å². The fourth-order valence-corrected chi connectivity index (χ4v) is 3.29. The lowest BCUT2D eigenvalue weighted by atomic mass is 10.0. The maximum Gasteiger partial charge on any atom is 0.253 e. The molecule has 136 valence electrons. The van der Waals surface area contributed by atoms with Crippen molar-refractivity contribution >= 4 is 17.4 Å². The average molecular weight is 352 g/mol. The number of nitrogens with zero attached hydrogens (tertiary/aromatic N) is 3. The number of aromatic nitrogens is 2. The van der Waals surface area contributed by atoms with Gasteiger partial charge in [-0.2, -0.15) is 0 Å². The second-order valence-electron chi connectivity index (χ2n) is 6.89. The number of hydrogen-bond acceptors (Lipinski definition) is 4. The van der Waals surface area contributed by atoms with E-state index >= 15 is 0 Å². The first kappa shape index (κ1) is 18.1. The van der Waals surface area contributed by atoms with E-state index in [0.717, 1.165) is 37.9 Å². The molecule has 2 fully saturated rings. The van der Waals surface area contributed by atoms with Gasteiger partial charge in [-0.05, 0) is 38.5 Å². The summed E-state index contributed by atoms with van der Waals surface area (Å²) >= 11 is 0. The zero-order chi connectivity index (χ0) is 18.7. The van der Waals surface area contributed by atoms with E-state index in [1.54, 1.807) is 31.0 Å². The number of piperidine rings is 1. The van der Waals surface area contributed by atoms with Crippen molar-refractivity contribution in [3.05, 3.63) is 29.4 Å². The molecule has 6 nitrogen and oxygen atoms in total. The van der Waals surface area contributed by atoms with Crippen LogP contribution in [0, 0.1) is 12.3 Å². The van der Waals surface area contributed by atoms with Gasteiger partial charge in [0.05, 0.1) is 17.5 Å². The first-order chi connectivity index (χ1) is 12.5. The lowest BCUT2D eigenvalue weighted by molar-refractivity contribution is -0.130. The third-order valence-electron chi connectivity index (χ3n) is 4.91. The Labute approximate surface area is 154 Å². The van der Waals surface area contributed by atoms with Gasteiger partial charge in [0.15, 0.2) is 0 Å². The average Bonchev–Trinajstić information content (AvgIpc) is 3.47. The van der Waals surface area contributed by atoms with Crippen LogP contribution in [0.2, 0.25) is 0 Å². The molecule has 1 aliphatic carbocycles. The molecule has 1 unspecified atom stereocenters. The number of rotatable bonds is 4. The molecule has 0 spiro atoms. The Bertz CT molecular complexity index is 789. The summed E-state index contributed by atoms with van der Waals surface area (Å²) in [7, 11) is 0. The topological polar surface area (TPSA) is 75.2 Å². The minimum atomic E-state index is -0.221. The Morgan fingerprint density at radius 3 is 2.77 bits per heavy atom. The fraction of sp³-hybridized carbons (Fsp3) is 0.500.